The second kappa shape index (κ2) is 9.62. The average molecular weight is 409 g/mol. The molecular weight excluding hydrogens is 387 g/mol. The van der Waals surface area contributed by atoms with E-state index < -0.39 is 0 Å². The number of carbonyl (C=O) groups is 2. The number of rotatable bonds is 7. The fraction of sp³-hybridized carbons (Fsp3) is 0.300. The summed E-state index contributed by atoms with van der Waals surface area (Å²) >= 11 is 11.9. The van der Waals surface area contributed by atoms with Gasteiger partial charge in [0, 0.05) is 17.1 Å². The summed E-state index contributed by atoms with van der Waals surface area (Å²) in [7, 11) is 1.56. The van der Waals surface area contributed by atoms with E-state index in [1.54, 1.807) is 37.4 Å². The summed E-state index contributed by atoms with van der Waals surface area (Å²) in [4.78, 5) is 26.8. The van der Waals surface area contributed by atoms with Crippen LogP contribution in [0.15, 0.2) is 36.4 Å². The van der Waals surface area contributed by atoms with Gasteiger partial charge in [-0.2, -0.15) is 0 Å². The van der Waals surface area contributed by atoms with E-state index in [-0.39, 0.29) is 18.4 Å². The van der Waals surface area contributed by atoms with Gasteiger partial charge in [0.1, 0.15) is 12.3 Å². The van der Waals surface area contributed by atoms with Crippen molar-refractivity contribution in [1.29, 1.82) is 0 Å². The summed E-state index contributed by atoms with van der Waals surface area (Å²) in [6, 6.07) is 10.1. The van der Waals surface area contributed by atoms with Crippen molar-refractivity contribution in [2.75, 3.05) is 25.5 Å². The number of aryl methyl sites for hydroxylation is 1. The normalized spacial score (nSPS) is 10.4. The molecule has 0 bridgehead atoms. The van der Waals surface area contributed by atoms with Crippen LogP contribution in [0.3, 0.4) is 0 Å². The number of nitrogens with zero attached hydrogens (tertiary/aromatic N) is 1. The first kappa shape index (κ1) is 21.1. The summed E-state index contributed by atoms with van der Waals surface area (Å²) in [5.41, 5.74) is 1.86. The third-order valence-electron chi connectivity index (χ3n) is 3.98. The van der Waals surface area contributed by atoms with Crippen molar-refractivity contribution in [1.82, 2.24) is 4.90 Å². The third kappa shape index (κ3) is 5.62. The number of hydrogen-bond acceptors (Lipinski definition) is 3. The Morgan fingerprint density at radius 2 is 1.89 bits per heavy atom. The lowest BCUT2D eigenvalue weighted by Gasteiger charge is -2.22. The van der Waals surface area contributed by atoms with Gasteiger partial charge >= 0.3 is 0 Å². The van der Waals surface area contributed by atoms with Gasteiger partial charge in [-0.15, -0.1) is 0 Å². The topological polar surface area (TPSA) is 58.6 Å². The molecule has 0 unspecified atom stereocenters. The van der Waals surface area contributed by atoms with Crippen LogP contribution in [0.2, 0.25) is 10.0 Å². The fourth-order valence-corrected chi connectivity index (χ4v) is 3.07. The van der Waals surface area contributed by atoms with E-state index >= 15 is 0 Å². The van der Waals surface area contributed by atoms with Crippen molar-refractivity contribution in [2.45, 2.75) is 20.3 Å². The Hall–Kier alpha value is -2.24. The van der Waals surface area contributed by atoms with E-state index in [9.17, 15) is 9.59 Å². The molecule has 0 saturated carbocycles. The molecular formula is C20H22Cl2N2O3. The van der Waals surface area contributed by atoms with E-state index in [0.29, 0.717) is 33.6 Å². The Morgan fingerprint density at radius 3 is 2.52 bits per heavy atom. The maximum atomic E-state index is 12.9. The molecule has 0 aliphatic carbocycles. The Kier molecular flexibility index (Phi) is 7.51. The van der Waals surface area contributed by atoms with Crippen molar-refractivity contribution >= 4 is 40.7 Å². The van der Waals surface area contributed by atoms with Gasteiger partial charge in [0.2, 0.25) is 5.91 Å². The van der Waals surface area contributed by atoms with Crippen molar-refractivity contribution in [3.63, 3.8) is 0 Å². The number of halogens is 2. The molecule has 0 saturated heterocycles. The number of carbonyl (C=O) groups excluding carboxylic acids is 2. The number of ether oxygens (including phenoxy) is 1. The molecule has 2 amide bonds. The Balaban J connectivity index is 2.14. The monoisotopic (exact) mass is 408 g/mol. The van der Waals surface area contributed by atoms with E-state index in [0.717, 1.165) is 12.0 Å². The largest absolute Gasteiger partial charge is 0.496 e. The minimum atomic E-state index is -0.333. The van der Waals surface area contributed by atoms with Gasteiger partial charge in [-0.25, -0.2) is 0 Å². The number of nitrogens with one attached hydrogen (secondary N) is 1. The Labute approximate surface area is 169 Å². The molecule has 0 radical (unpaired) electrons. The maximum absolute atomic E-state index is 12.9. The molecule has 144 valence electrons. The lowest BCUT2D eigenvalue weighted by Crippen LogP contribution is -2.38. The van der Waals surface area contributed by atoms with Crippen LogP contribution < -0.4 is 10.1 Å². The van der Waals surface area contributed by atoms with Crippen molar-refractivity contribution in [2.24, 2.45) is 0 Å². The zero-order chi connectivity index (χ0) is 20.0. The summed E-state index contributed by atoms with van der Waals surface area (Å²) in [5, 5.41) is 3.54. The number of methoxy groups -OCH3 is 1. The minimum absolute atomic E-state index is 0.0815. The molecule has 2 rings (SSSR count). The molecule has 0 fully saturated rings. The van der Waals surface area contributed by atoms with Crippen LogP contribution in [0.4, 0.5) is 5.69 Å². The molecule has 2 aromatic carbocycles. The molecule has 2 aromatic rings. The molecule has 27 heavy (non-hydrogen) atoms. The lowest BCUT2D eigenvalue weighted by atomic mass is 10.1. The first-order chi connectivity index (χ1) is 12.8. The van der Waals surface area contributed by atoms with Crippen LogP contribution >= 0.6 is 23.2 Å². The van der Waals surface area contributed by atoms with E-state index in [2.05, 4.69) is 5.32 Å². The van der Waals surface area contributed by atoms with Crippen LogP contribution in [0, 0.1) is 6.92 Å². The molecule has 5 nitrogen and oxygen atoms in total. The van der Waals surface area contributed by atoms with E-state index in [1.807, 2.05) is 19.9 Å². The second-order valence-electron chi connectivity index (χ2n) is 6.08. The van der Waals surface area contributed by atoms with Gasteiger partial charge < -0.3 is 15.0 Å². The summed E-state index contributed by atoms with van der Waals surface area (Å²) in [6.45, 7) is 4.22. The van der Waals surface area contributed by atoms with Crippen molar-refractivity contribution in [3.05, 3.63) is 57.6 Å². The zero-order valence-corrected chi connectivity index (χ0v) is 17.0. The van der Waals surface area contributed by atoms with Crippen LogP contribution in [0.5, 0.6) is 5.75 Å². The van der Waals surface area contributed by atoms with Crippen LogP contribution in [-0.4, -0.2) is 36.9 Å². The molecule has 0 heterocycles. The predicted molar refractivity (Wildman–Crippen MR) is 109 cm³/mol. The fourth-order valence-electron chi connectivity index (χ4n) is 2.61. The highest BCUT2D eigenvalue weighted by molar-refractivity contribution is 6.36. The number of amides is 2. The molecule has 0 aromatic heterocycles. The summed E-state index contributed by atoms with van der Waals surface area (Å²) < 4.78 is 5.28. The zero-order valence-electron chi connectivity index (χ0n) is 15.5. The van der Waals surface area contributed by atoms with Gasteiger partial charge in [0.25, 0.3) is 5.91 Å². The van der Waals surface area contributed by atoms with Gasteiger partial charge in [0.15, 0.2) is 0 Å². The summed E-state index contributed by atoms with van der Waals surface area (Å²) in [5.74, 6) is 0.0716. The molecule has 0 aliphatic rings. The van der Waals surface area contributed by atoms with E-state index in [4.69, 9.17) is 27.9 Å². The van der Waals surface area contributed by atoms with Gasteiger partial charge in [0.05, 0.1) is 17.8 Å². The van der Waals surface area contributed by atoms with Gasteiger partial charge in [-0.3, -0.25) is 9.59 Å². The molecule has 0 aliphatic heterocycles. The standard InChI is InChI=1S/C20H22Cl2N2O3/c1-4-9-24(20(26)14-6-5-13(2)18(10-14)27-3)12-19(25)23-17-8-7-15(21)11-16(17)22/h5-8,10-11H,4,9,12H2,1-3H3,(H,23,25). The molecule has 0 spiro atoms. The number of benzene rings is 2. The highest BCUT2D eigenvalue weighted by atomic mass is 35.5. The van der Waals surface area contributed by atoms with Crippen LogP contribution in [-0.2, 0) is 4.79 Å². The van der Waals surface area contributed by atoms with Gasteiger partial charge in [-0.1, -0.05) is 36.2 Å². The highest BCUT2D eigenvalue weighted by Gasteiger charge is 2.19. The summed E-state index contributed by atoms with van der Waals surface area (Å²) in [6.07, 6.45) is 0.726. The minimum Gasteiger partial charge on any atom is -0.496 e. The molecule has 0 atom stereocenters. The molecule has 1 N–H and O–H groups in total. The Bertz CT molecular complexity index is 840. The smallest absolute Gasteiger partial charge is 0.254 e. The van der Waals surface area contributed by atoms with Crippen molar-refractivity contribution < 1.29 is 14.3 Å². The maximum Gasteiger partial charge on any atom is 0.254 e. The number of anilines is 1. The van der Waals surface area contributed by atoms with Crippen LogP contribution in [0.1, 0.15) is 29.3 Å². The van der Waals surface area contributed by atoms with Crippen LogP contribution in [0.25, 0.3) is 0 Å². The highest BCUT2D eigenvalue weighted by Crippen LogP contribution is 2.25. The first-order valence-corrected chi connectivity index (χ1v) is 9.30. The first-order valence-electron chi connectivity index (χ1n) is 8.54. The third-order valence-corrected chi connectivity index (χ3v) is 4.52. The Morgan fingerprint density at radius 1 is 1.15 bits per heavy atom. The molecule has 7 heteroatoms. The SMILES string of the molecule is CCCN(CC(=O)Nc1ccc(Cl)cc1Cl)C(=O)c1ccc(C)c(OC)c1. The predicted octanol–water partition coefficient (Wildman–Crippen LogP) is 4.80. The van der Waals surface area contributed by atoms with Gasteiger partial charge in [-0.05, 0) is 49.2 Å². The van der Waals surface area contributed by atoms with E-state index in [1.165, 1.54) is 4.90 Å². The average Bonchev–Trinajstić information content (AvgIpc) is 2.63. The van der Waals surface area contributed by atoms with Crippen molar-refractivity contribution in [3.8, 4) is 5.75 Å². The lowest BCUT2D eigenvalue weighted by molar-refractivity contribution is -0.116. The number of hydrogen-bond donors (Lipinski definition) is 1. The quantitative estimate of drug-likeness (QED) is 0.715. The second-order valence-corrected chi connectivity index (χ2v) is 6.93.